The molecule has 3 aromatic carbocycles. The summed E-state index contributed by atoms with van der Waals surface area (Å²) in [7, 11) is 3.26. The van der Waals surface area contributed by atoms with E-state index >= 15 is 0 Å². The van der Waals surface area contributed by atoms with Crippen molar-refractivity contribution in [2.75, 3.05) is 37.6 Å². The first kappa shape index (κ1) is 20.8. The quantitative estimate of drug-likeness (QED) is 0.535. The van der Waals surface area contributed by atoms with E-state index in [2.05, 4.69) is 28.4 Å². The first-order valence-corrected chi connectivity index (χ1v) is 10.2. The predicted molar refractivity (Wildman–Crippen MR) is 122 cm³/mol. The van der Waals surface area contributed by atoms with Crippen molar-refractivity contribution in [3.63, 3.8) is 0 Å². The van der Waals surface area contributed by atoms with Crippen LogP contribution in [0, 0.1) is 0 Å². The minimum absolute atomic E-state index is 0.260. The second-order valence-electron chi connectivity index (χ2n) is 7.45. The molecule has 1 aliphatic heterocycles. The van der Waals surface area contributed by atoms with E-state index in [0.29, 0.717) is 17.1 Å². The Morgan fingerprint density at radius 2 is 1.81 bits per heavy atom. The number of carbonyl (C=O) groups excluding carboxylic acids is 1. The van der Waals surface area contributed by atoms with E-state index < -0.39 is 6.61 Å². The molecule has 31 heavy (non-hydrogen) atoms. The summed E-state index contributed by atoms with van der Waals surface area (Å²) in [6.45, 7) is 1.23. The maximum Gasteiger partial charge on any atom is 0.188 e. The highest BCUT2D eigenvalue weighted by atomic mass is 16.5. The lowest BCUT2D eigenvalue weighted by Crippen LogP contribution is -2.19. The number of nitrogens with zero attached hydrogens (tertiary/aromatic N) is 1. The van der Waals surface area contributed by atoms with Gasteiger partial charge in [0.2, 0.25) is 0 Å². The van der Waals surface area contributed by atoms with E-state index in [1.165, 1.54) is 11.3 Å². The van der Waals surface area contributed by atoms with Crippen molar-refractivity contribution in [2.45, 2.75) is 13.0 Å². The Kier molecular flexibility index (Phi) is 6.09. The van der Waals surface area contributed by atoms with Crippen molar-refractivity contribution in [1.82, 2.24) is 0 Å². The van der Waals surface area contributed by atoms with Gasteiger partial charge in [0.1, 0.15) is 6.61 Å². The van der Waals surface area contributed by atoms with Gasteiger partial charge in [0.25, 0.3) is 0 Å². The lowest BCUT2D eigenvalue weighted by atomic mass is 10.1. The van der Waals surface area contributed by atoms with Gasteiger partial charge < -0.3 is 24.8 Å². The molecule has 0 unspecified atom stereocenters. The van der Waals surface area contributed by atoms with Crippen LogP contribution in [0.25, 0.3) is 0 Å². The number of anilines is 3. The Bertz CT molecular complexity index is 1080. The Morgan fingerprint density at radius 3 is 2.52 bits per heavy atom. The van der Waals surface area contributed by atoms with Crippen LogP contribution in [0.1, 0.15) is 21.5 Å². The summed E-state index contributed by atoms with van der Waals surface area (Å²) in [6, 6.07) is 19.5. The van der Waals surface area contributed by atoms with E-state index in [1.807, 2.05) is 30.3 Å². The van der Waals surface area contributed by atoms with Crippen molar-refractivity contribution < 1.29 is 19.4 Å². The van der Waals surface area contributed by atoms with E-state index in [1.54, 1.807) is 26.4 Å². The van der Waals surface area contributed by atoms with Gasteiger partial charge in [-0.05, 0) is 36.2 Å². The van der Waals surface area contributed by atoms with Gasteiger partial charge in [-0.15, -0.1) is 0 Å². The van der Waals surface area contributed by atoms with Gasteiger partial charge in [-0.3, -0.25) is 4.79 Å². The molecule has 6 heteroatoms. The van der Waals surface area contributed by atoms with Gasteiger partial charge in [0.15, 0.2) is 17.3 Å². The third-order valence-electron chi connectivity index (χ3n) is 5.58. The Morgan fingerprint density at radius 1 is 1.03 bits per heavy atom. The molecule has 3 aromatic rings. The summed E-state index contributed by atoms with van der Waals surface area (Å²) in [5, 5.41) is 12.5. The predicted octanol–water partition coefficient (Wildman–Crippen LogP) is 4.19. The highest BCUT2D eigenvalue weighted by Crippen LogP contribution is 2.37. The Labute approximate surface area is 182 Å². The lowest BCUT2D eigenvalue weighted by Gasteiger charge is -2.20. The smallest absolute Gasteiger partial charge is 0.188 e. The third-order valence-corrected chi connectivity index (χ3v) is 5.58. The number of ether oxygens (including phenoxy) is 2. The molecule has 6 nitrogen and oxygen atoms in total. The van der Waals surface area contributed by atoms with Crippen LogP contribution in [0.2, 0.25) is 0 Å². The summed E-state index contributed by atoms with van der Waals surface area (Å²) in [4.78, 5) is 14.0. The molecule has 4 rings (SSSR count). The molecule has 0 aliphatic carbocycles. The molecule has 0 aromatic heterocycles. The standard InChI is InChI=1S/C25H26N2O4/c1-30-24-11-10-19(14-25(24)31-2)26-21-4-3-5-22-20(21)12-13-27(22)15-17-6-8-18(9-7-17)23(29)16-28/h3-11,14,26,28H,12-13,15-16H2,1-2H3. The van der Waals surface area contributed by atoms with Crippen molar-refractivity contribution in [3.05, 3.63) is 77.4 Å². The number of aliphatic hydroxyl groups excluding tert-OH is 1. The van der Waals surface area contributed by atoms with E-state index in [0.717, 1.165) is 36.4 Å². The molecule has 2 N–H and O–H groups in total. The van der Waals surface area contributed by atoms with Gasteiger partial charge in [-0.1, -0.05) is 30.3 Å². The SMILES string of the molecule is COc1ccc(Nc2cccc3c2CCN3Cc2ccc(C(=O)CO)cc2)cc1OC. The van der Waals surface area contributed by atoms with Crippen LogP contribution in [-0.2, 0) is 13.0 Å². The maximum atomic E-state index is 11.6. The zero-order valence-corrected chi connectivity index (χ0v) is 17.7. The number of fused-ring (bicyclic) bond motifs is 1. The second kappa shape index (κ2) is 9.10. The van der Waals surface area contributed by atoms with Crippen LogP contribution in [0.4, 0.5) is 17.1 Å². The van der Waals surface area contributed by atoms with Crippen molar-refractivity contribution in [1.29, 1.82) is 0 Å². The van der Waals surface area contributed by atoms with Crippen molar-refractivity contribution >= 4 is 22.8 Å². The van der Waals surface area contributed by atoms with Gasteiger partial charge in [-0.25, -0.2) is 0 Å². The average molecular weight is 418 g/mol. The highest BCUT2D eigenvalue weighted by molar-refractivity contribution is 5.96. The lowest BCUT2D eigenvalue weighted by molar-refractivity contribution is 0.0903. The molecule has 1 aliphatic rings. The number of ketones is 1. The fraction of sp³-hybridized carbons (Fsp3) is 0.240. The number of hydrogen-bond donors (Lipinski definition) is 2. The van der Waals surface area contributed by atoms with Crippen LogP contribution in [0.5, 0.6) is 11.5 Å². The van der Waals surface area contributed by atoms with Crippen LogP contribution in [-0.4, -0.2) is 38.3 Å². The van der Waals surface area contributed by atoms with Gasteiger partial charge >= 0.3 is 0 Å². The number of aliphatic hydroxyl groups is 1. The van der Waals surface area contributed by atoms with E-state index in [4.69, 9.17) is 14.6 Å². The molecule has 1 heterocycles. The Hall–Kier alpha value is -3.51. The molecule has 0 amide bonds. The normalized spacial score (nSPS) is 12.4. The molecule has 0 bridgehead atoms. The van der Waals surface area contributed by atoms with Gasteiger partial charge in [-0.2, -0.15) is 0 Å². The van der Waals surface area contributed by atoms with Crippen LogP contribution < -0.4 is 19.7 Å². The Balaban J connectivity index is 1.52. The number of methoxy groups -OCH3 is 2. The molecular formula is C25H26N2O4. The third kappa shape index (κ3) is 4.34. The first-order chi connectivity index (χ1) is 15.1. The van der Waals surface area contributed by atoms with Crippen molar-refractivity contribution in [2.24, 2.45) is 0 Å². The van der Waals surface area contributed by atoms with E-state index in [9.17, 15) is 4.79 Å². The minimum atomic E-state index is -0.464. The van der Waals surface area contributed by atoms with Crippen LogP contribution >= 0.6 is 0 Å². The average Bonchev–Trinajstić information content (AvgIpc) is 3.22. The first-order valence-electron chi connectivity index (χ1n) is 10.2. The monoisotopic (exact) mass is 418 g/mol. The summed E-state index contributed by atoms with van der Waals surface area (Å²) < 4.78 is 10.7. The molecule has 0 radical (unpaired) electrons. The number of hydrogen-bond acceptors (Lipinski definition) is 6. The minimum Gasteiger partial charge on any atom is -0.493 e. The van der Waals surface area contributed by atoms with Gasteiger partial charge in [0.05, 0.1) is 14.2 Å². The number of nitrogens with one attached hydrogen (secondary N) is 1. The fourth-order valence-electron chi connectivity index (χ4n) is 3.96. The molecular weight excluding hydrogens is 392 g/mol. The maximum absolute atomic E-state index is 11.6. The number of rotatable bonds is 8. The molecule has 160 valence electrons. The molecule has 0 saturated heterocycles. The highest BCUT2D eigenvalue weighted by Gasteiger charge is 2.22. The second-order valence-corrected chi connectivity index (χ2v) is 7.45. The summed E-state index contributed by atoms with van der Waals surface area (Å²) in [5.41, 5.74) is 6.17. The summed E-state index contributed by atoms with van der Waals surface area (Å²) >= 11 is 0. The zero-order chi connectivity index (χ0) is 21.8. The topological polar surface area (TPSA) is 71.0 Å². The number of carbonyl (C=O) groups is 1. The number of Topliss-reactive ketones (excluding diaryl/α,β-unsaturated/α-hetero) is 1. The molecule has 0 spiro atoms. The van der Waals surface area contributed by atoms with Gasteiger partial charge in [0, 0.05) is 47.3 Å². The summed E-state index contributed by atoms with van der Waals surface area (Å²) in [5.74, 6) is 1.12. The fourth-order valence-corrected chi connectivity index (χ4v) is 3.96. The largest absolute Gasteiger partial charge is 0.493 e. The summed E-state index contributed by atoms with van der Waals surface area (Å²) in [6.07, 6.45) is 0.951. The molecule has 0 saturated carbocycles. The molecule has 0 atom stereocenters. The van der Waals surface area contributed by atoms with E-state index in [-0.39, 0.29) is 5.78 Å². The molecule has 0 fully saturated rings. The van der Waals surface area contributed by atoms with Crippen LogP contribution in [0.3, 0.4) is 0 Å². The number of benzene rings is 3. The van der Waals surface area contributed by atoms with Crippen molar-refractivity contribution in [3.8, 4) is 11.5 Å². The van der Waals surface area contributed by atoms with Crippen LogP contribution in [0.15, 0.2) is 60.7 Å². The zero-order valence-electron chi connectivity index (χ0n) is 17.7.